The van der Waals surface area contributed by atoms with Crippen molar-refractivity contribution >= 4 is 0 Å². The number of hydrogen-bond acceptors (Lipinski definition) is 2. The molecule has 2 rings (SSSR count). The van der Waals surface area contributed by atoms with E-state index in [1.165, 1.54) is 37.8 Å². The SMILES string of the molecule is CCCC1CCC(CN)C(c2ccnn2C)C1. The Labute approximate surface area is 104 Å². The van der Waals surface area contributed by atoms with Crippen molar-refractivity contribution in [3.63, 3.8) is 0 Å². The molecule has 0 amide bonds. The van der Waals surface area contributed by atoms with Crippen LogP contribution in [0, 0.1) is 11.8 Å². The Bertz CT molecular complexity index is 345. The van der Waals surface area contributed by atoms with Gasteiger partial charge in [-0.25, -0.2) is 0 Å². The summed E-state index contributed by atoms with van der Waals surface area (Å²) in [6, 6.07) is 2.17. The number of nitrogens with two attached hydrogens (primary N) is 1. The van der Waals surface area contributed by atoms with Crippen LogP contribution in [-0.4, -0.2) is 16.3 Å². The lowest BCUT2D eigenvalue weighted by molar-refractivity contribution is 0.223. The maximum atomic E-state index is 5.94. The molecule has 1 fully saturated rings. The van der Waals surface area contributed by atoms with Gasteiger partial charge in [-0.3, -0.25) is 4.68 Å². The molecule has 1 aromatic rings. The summed E-state index contributed by atoms with van der Waals surface area (Å²) in [6.07, 6.45) is 8.53. The summed E-state index contributed by atoms with van der Waals surface area (Å²) in [5.74, 6) is 2.17. The highest BCUT2D eigenvalue weighted by atomic mass is 15.3. The Morgan fingerprint density at radius 1 is 1.47 bits per heavy atom. The van der Waals surface area contributed by atoms with E-state index in [4.69, 9.17) is 5.73 Å². The van der Waals surface area contributed by atoms with E-state index in [-0.39, 0.29) is 0 Å². The van der Waals surface area contributed by atoms with Crippen molar-refractivity contribution < 1.29 is 0 Å². The van der Waals surface area contributed by atoms with Gasteiger partial charge >= 0.3 is 0 Å². The fraction of sp³-hybridized carbons (Fsp3) is 0.786. The van der Waals surface area contributed by atoms with Crippen LogP contribution in [0.1, 0.15) is 50.6 Å². The molecule has 1 heterocycles. The molecule has 17 heavy (non-hydrogen) atoms. The van der Waals surface area contributed by atoms with Crippen LogP contribution < -0.4 is 5.73 Å². The summed E-state index contributed by atoms with van der Waals surface area (Å²) in [7, 11) is 2.05. The highest BCUT2D eigenvalue weighted by molar-refractivity contribution is 5.11. The average Bonchev–Trinajstić information content (AvgIpc) is 2.76. The molecule has 0 aromatic carbocycles. The zero-order valence-corrected chi connectivity index (χ0v) is 11.1. The molecule has 2 N–H and O–H groups in total. The van der Waals surface area contributed by atoms with E-state index in [1.54, 1.807) is 0 Å². The maximum Gasteiger partial charge on any atom is 0.0492 e. The van der Waals surface area contributed by atoms with E-state index in [1.807, 2.05) is 17.9 Å². The first kappa shape index (κ1) is 12.6. The smallest absolute Gasteiger partial charge is 0.0492 e. The van der Waals surface area contributed by atoms with E-state index < -0.39 is 0 Å². The fourth-order valence-corrected chi connectivity index (χ4v) is 3.38. The number of nitrogens with zero attached hydrogens (tertiary/aromatic N) is 2. The van der Waals surface area contributed by atoms with Gasteiger partial charge in [-0.2, -0.15) is 5.10 Å². The van der Waals surface area contributed by atoms with Gasteiger partial charge in [0.25, 0.3) is 0 Å². The Balaban J connectivity index is 2.13. The van der Waals surface area contributed by atoms with Crippen molar-refractivity contribution in [3.05, 3.63) is 18.0 Å². The van der Waals surface area contributed by atoms with Gasteiger partial charge in [-0.15, -0.1) is 0 Å². The topological polar surface area (TPSA) is 43.8 Å². The van der Waals surface area contributed by atoms with Crippen LogP contribution in [0.15, 0.2) is 12.3 Å². The standard InChI is InChI=1S/C14H25N3/c1-3-4-11-5-6-12(10-15)13(9-11)14-7-8-16-17(14)2/h7-8,11-13H,3-6,9-10,15H2,1-2H3. The molecule has 1 aliphatic rings. The first-order valence-corrected chi connectivity index (χ1v) is 6.94. The van der Waals surface area contributed by atoms with E-state index in [0.29, 0.717) is 11.8 Å². The van der Waals surface area contributed by atoms with Crippen molar-refractivity contribution in [2.75, 3.05) is 6.54 Å². The van der Waals surface area contributed by atoms with Gasteiger partial charge in [0.2, 0.25) is 0 Å². The van der Waals surface area contributed by atoms with Crippen molar-refractivity contribution in [2.24, 2.45) is 24.6 Å². The van der Waals surface area contributed by atoms with Crippen LogP contribution >= 0.6 is 0 Å². The molecule has 0 bridgehead atoms. The van der Waals surface area contributed by atoms with Gasteiger partial charge in [0.15, 0.2) is 0 Å². The third-order valence-corrected chi connectivity index (χ3v) is 4.34. The second kappa shape index (κ2) is 5.67. The fourth-order valence-electron chi connectivity index (χ4n) is 3.38. The minimum Gasteiger partial charge on any atom is -0.330 e. The molecule has 0 radical (unpaired) electrons. The van der Waals surface area contributed by atoms with Crippen molar-refractivity contribution in [1.29, 1.82) is 0 Å². The third kappa shape index (κ3) is 2.71. The Hall–Kier alpha value is -0.830. The van der Waals surface area contributed by atoms with Crippen LogP contribution in [0.3, 0.4) is 0 Å². The monoisotopic (exact) mass is 235 g/mol. The summed E-state index contributed by atoms with van der Waals surface area (Å²) < 4.78 is 2.03. The molecule has 0 spiro atoms. The lowest BCUT2D eigenvalue weighted by Gasteiger charge is -2.35. The molecule has 3 unspecified atom stereocenters. The summed E-state index contributed by atoms with van der Waals surface area (Å²) >= 11 is 0. The molecular weight excluding hydrogens is 210 g/mol. The quantitative estimate of drug-likeness (QED) is 0.872. The molecule has 3 heteroatoms. The highest BCUT2D eigenvalue weighted by Gasteiger charge is 2.31. The molecule has 96 valence electrons. The van der Waals surface area contributed by atoms with Crippen molar-refractivity contribution in [1.82, 2.24) is 9.78 Å². The van der Waals surface area contributed by atoms with E-state index in [9.17, 15) is 0 Å². The Morgan fingerprint density at radius 2 is 2.29 bits per heavy atom. The number of hydrogen-bond donors (Lipinski definition) is 1. The first-order chi connectivity index (χ1) is 8.26. The third-order valence-electron chi connectivity index (χ3n) is 4.34. The lowest BCUT2D eigenvalue weighted by Crippen LogP contribution is -2.30. The molecule has 3 nitrogen and oxygen atoms in total. The molecule has 1 aliphatic carbocycles. The van der Waals surface area contributed by atoms with Crippen LogP contribution in [0.5, 0.6) is 0 Å². The van der Waals surface area contributed by atoms with Crippen LogP contribution in [0.25, 0.3) is 0 Å². The normalized spacial score (nSPS) is 29.5. The van der Waals surface area contributed by atoms with E-state index in [2.05, 4.69) is 18.1 Å². The van der Waals surface area contributed by atoms with Crippen molar-refractivity contribution in [3.8, 4) is 0 Å². The number of rotatable bonds is 4. The van der Waals surface area contributed by atoms with Crippen LogP contribution in [0.4, 0.5) is 0 Å². The first-order valence-electron chi connectivity index (χ1n) is 6.94. The molecular formula is C14H25N3. The highest BCUT2D eigenvalue weighted by Crippen LogP contribution is 2.41. The minimum absolute atomic E-state index is 0.623. The Kier molecular flexibility index (Phi) is 4.21. The summed E-state index contributed by atoms with van der Waals surface area (Å²) in [5.41, 5.74) is 7.32. The summed E-state index contributed by atoms with van der Waals surface area (Å²) in [5, 5.41) is 4.31. The molecule has 1 aromatic heterocycles. The molecule has 1 saturated carbocycles. The average molecular weight is 235 g/mol. The zero-order valence-electron chi connectivity index (χ0n) is 11.1. The molecule has 0 aliphatic heterocycles. The number of aryl methyl sites for hydroxylation is 1. The van der Waals surface area contributed by atoms with Gasteiger partial charge < -0.3 is 5.73 Å². The van der Waals surface area contributed by atoms with Gasteiger partial charge in [0.05, 0.1) is 0 Å². The van der Waals surface area contributed by atoms with Gasteiger partial charge in [-0.05, 0) is 37.3 Å². The van der Waals surface area contributed by atoms with Crippen molar-refractivity contribution in [2.45, 2.75) is 44.9 Å². The lowest BCUT2D eigenvalue weighted by atomic mass is 9.71. The second-order valence-electron chi connectivity index (χ2n) is 5.45. The van der Waals surface area contributed by atoms with E-state index in [0.717, 1.165) is 12.5 Å². The second-order valence-corrected chi connectivity index (χ2v) is 5.45. The molecule has 0 saturated heterocycles. The maximum absolute atomic E-state index is 5.94. The largest absolute Gasteiger partial charge is 0.330 e. The summed E-state index contributed by atoms with van der Waals surface area (Å²) in [6.45, 7) is 3.10. The van der Waals surface area contributed by atoms with E-state index >= 15 is 0 Å². The van der Waals surface area contributed by atoms with Gasteiger partial charge in [0, 0.05) is 24.9 Å². The Morgan fingerprint density at radius 3 is 2.88 bits per heavy atom. The van der Waals surface area contributed by atoms with Gasteiger partial charge in [0.1, 0.15) is 0 Å². The summed E-state index contributed by atoms with van der Waals surface area (Å²) in [4.78, 5) is 0. The predicted octanol–water partition coefficient (Wildman–Crippen LogP) is 2.68. The number of aromatic nitrogens is 2. The van der Waals surface area contributed by atoms with Gasteiger partial charge in [-0.1, -0.05) is 26.2 Å². The van der Waals surface area contributed by atoms with Crippen LogP contribution in [-0.2, 0) is 7.05 Å². The zero-order chi connectivity index (χ0) is 12.3. The predicted molar refractivity (Wildman–Crippen MR) is 70.7 cm³/mol. The minimum atomic E-state index is 0.623. The molecule has 3 atom stereocenters. The van der Waals surface area contributed by atoms with Crippen LogP contribution in [0.2, 0.25) is 0 Å².